The largest absolute Gasteiger partial charge is 0.481 e. The van der Waals surface area contributed by atoms with E-state index in [0.717, 1.165) is 0 Å². The van der Waals surface area contributed by atoms with Gasteiger partial charge in [-0.05, 0) is 13.8 Å². The molecule has 0 aliphatic heterocycles. The summed E-state index contributed by atoms with van der Waals surface area (Å²) < 4.78 is 1.58. The first-order valence-electron chi connectivity index (χ1n) is 4.94. The Morgan fingerprint density at radius 3 is 2.88 bits per heavy atom. The molecule has 0 radical (unpaired) electrons. The Bertz CT molecular complexity index is 428. The number of hydrogen-bond acceptors (Lipinski definition) is 4. The fourth-order valence-corrected chi connectivity index (χ4v) is 1.98. The van der Waals surface area contributed by atoms with Gasteiger partial charge >= 0.3 is 5.97 Å². The first-order valence-corrected chi connectivity index (χ1v) is 5.92. The van der Waals surface area contributed by atoms with E-state index in [1.807, 2.05) is 13.8 Å². The molecule has 1 heterocycles. The fraction of sp³-hybridized carbons (Fsp3) is 0.500. The minimum Gasteiger partial charge on any atom is -0.481 e. The summed E-state index contributed by atoms with van der Waals surface area (Å²) in [6, 6.07) is 0.0781. The van der Waals surface area contributed by atoms with E-state index in [9.17, 15) is 9.59 Å². The number of carboxylic acid groups (broad SMARTS) is 1. The summed E-state index contributed by atoms with van der Waals surface area (Å²) in [6.07, 6.45) is 3.22. The molecule has 0 saturated heterocycles. The van der Waals surface area contributed by atoms with Crippen LogP contribution in [0.3, 0.4) is 0 Å². The highest BCUT2D eigenvalue weighted by Crippen LogP contribution is 2.12. The lowest BCUT2D eigenvalue weighted by atomic mass is 10.4. The number of carboxylic acids is 1. The first-order chi connectivity index (χ1) is 7.52. The van der Waals surface area contributed by atoms with Crippen molar-refractivity contribution in [2.24, 2.45) is 0 Å². The van der Waals surface area contributed by atoms with E-state index in [2.05, 4.69) is 4.98 Å². The maximum Gasteiger partial charge on any atom is 0.304 e. The molecular weight excluding hydrogens is 228 g/mol. The van der Waals surface area contributed by atoms with Crippen LogP contribution in [0.2, 0.25) is 0 Å². The van der Waals surface area contributed by atoms with Crippen molar-refractivity contribution < 1.29 is 9.90 Å². The molecule has 0 aliphatic carbocycles. The van der Waals surface area contributed by atoms with E-state index in [1.54, 1.807) is 17.0 Å². The molecule has 0 aliphatic rings. The van der Waals surface area contributed by atoms with Crippen molar-refractivity contribution in [2.75, 3.05) is 5.75 Å². The van der Waals surface area contributed by atoms with E-state index < -0.39 is 5.97 Å². The molecule has 1 rings (SSSR count). The lowest BCUT2D eigenvalue weighted by Gasteiger charge is -2.09. The molecule has 0 spiro atoms. The van der Waals surface area contributed by atoms with Crippen molar-refractivity contribution in [1.29, 1.82) is 0 Å². The third kappa shape index (κ3) is 3.37. The Morgan fingerprint density at radius 2 is 2.31 bits per heavy atom. The zero-order valence-corrected chi connectivity index (χ0v) is 10.0. The van der Waals surface area contributed by atoms with Crippen molar-refractivity contribution in [3.63, 3.8) is 0 Å². The third-order valence-corrected chi connectivity index (χ3v) is 2.91. The molecule has 1 aromatic rings. The second-order valence-electron chi connectivity index (χ2n) is 3.53. The summed E-state index contributed by atoms with van der Waals surface area (Å²) >= 11 is 1.18. The van der Waals surface area contributed by atoms with Gasteiger partial charge in [-0.25, -0.2) is 4.98 Å². The lowest BCUT2D eigenvalue weighted by Crippen LogP contribution is -2.23. The maximum absolute atomic E-state index is 11.8. The second-order valence-corrected chi connectivity index (χ2v) is 4.61. The van der Waals surface area contributed by atoms with Crippen LogP contribution in [-0.2, 0) is 4.79 Å². The van der Waals surface area contributed by atoms with Gasteiger partial charge in [0.05, 0.1) is 6.42 Å². The Hall–Kier alpha value is -1.30. The summed E-state index contributed by atoms with van der Waals surface area (Å²) in [5.41, 5.74) is -0.159. The SMILES string of the molecule is CC(C)n1ccnc(SCCC(=O)O)c1=O. The molecule has 0 bridgehead atoms. The van der Waals surface area contributed by atoms with E-state index >= 15 is 0 Å². The molecule has 0 amide bonds. The lowest BCUT2D eigenvalue weighted by molar-refractivity contribution is -0.136. The average Bonchev–Trinajstić information content (AvgIpc) is 2.19. The van der Waals surface area contributed by atoms with Gasteiger partial charge in [0.1, 0.15) is 0 Å². The first kappa shape index (κ1) is 12.8. The molecule has 6 heteroatoms. The van der Waals surface area contributed by atoms with Crippen LogP contribution < -0.4 is 5.56 Å². The van der Waals surface area contributed by atoms with Gasteiger partial charge in [-0.2, -0.15) is 0 Å². The highest BCUT2D eigenvalue weighted by Gasteiger charge is 2.08. The van der Waals surface area contributed by atoms with Crippen molar-refractivity contribution in [2.45, 2.75) is 31.3 Å². The van der Waals surface area contributed by atoms with E-state index in [4.69, 9.17) is 5.11 Å². The van der Waals surface area contributed by atoms with Crippen LogP contribution in [0.25, 0.3) is 0 Å². The molecule has 16 heavy (non-hydrogen) atoms. The molecule has 0 unspecified atom stereocenters. The average molecular weight is 242 g/mol. The molecule has 1 N–H and O–H groups in total. The van der Waals surface area contributed by atoms with Gasteiger partial charge in [0, 0.05) is 24.2 Å². The molecule has 5 nitrogen and oxygen atoms in total. The highest BCUT2D eigenvalue weighted by atomic mass is 32.2. The molecule has 0 fully saturated rings. The van der Waals surface area contributed by atoms with E-state index in [-0.39, 0.29) is 18.0 Å². The molecule has 88 valence electrons. The molecular formula is C10H14N2O3S. The monoisotopic (exact) mass is 242 g/mol. The minimum absolute atomic E-state index is 0.0301. The van der Waals surface area contributed by atoms with Crippen molar-refractivity contribution >= 4 is 17.7 Å². The third-order valence-electron chi connectivity index (χ3n) is 1.95. The normalized spacial score (nSPS) is 10.7. The minimum atomic E-state index is -0.868. The number of rotatable bonds is 5. The van der Waals surface area contributed by atoms with Crippen LogP contribution in [0, 0.1) is 0 Å². The fourth-order valence-electron chi connectivity index (χ4n) is 1.15. The summed E-state index contributed by atoms with van der Waals surface area (Å²) in [4.78, 5) is 26.1. The molecule has 0 saturated carbocycles. The van der Waals surface area contributed by atoms with Gasteiger partial charge in [0.2, 0.25) is 0 Å². The Kier molecular flexibility index (Phi) is 4.54. The molecule has 0 aromatic carbocycles. The second kappa shape index (κ2) is 5.69. The number of thioether (sulfide) groups is 1. The van der Waals surface area contributed by atoms with Crippen LogP contribution in [0.1, 0.15) is 26.3 Å². The van der Waals surface area contributed by atoms with Gasteiger partial charge in [-0.1, -0.05) is 0 Å². The predicted octanol–water partition coefficient (Wildman–Crippen LogP) is 1.39. The predicted molar refractivity (Wildman–Crippen MR) is 61.9 cm³/mol. The highest BCUT2D eigenvalue weighted by molar-refractivity contribution is 7.99. The molecule has 0 atom stereocenters. The van der Waals surface area contributed by atoms with E-state index in [0.29, 0.717) is 10.8 Å². The van der Waals surface area contributed by atoms with E-state index in [1.165, 1.54) is 11.8 Å². The maximum atomic E-state index is 11.8. The Labute approximate surface area is 97.5 Å². The van der Waals surface area contributed by atoms with Crippen molar-refractivity contribution in [3.8, 4) is 0 Å². The van der Waals surface area contributed by atoms with Crippen LogP contribution in [0.15, 0.2) is 22.2 Å². The topological polar surface area (TPSA) is 72.2 Å². The van der Waals surface area contributed by atoms with Crippen LogP contribution in [0.4, 0.5) is 0 Å². The number of hydrogen-bond donors (Lipinski definition) is 1. The van der Waals surface area contributed by atoms with Crippen LogP contribution in [0.5, 0.6) is 0 Å². The summed E-state index contributed by atoms with van der Waals surface area (Å²) in [5.74, 6) is -0.507. The van der Waals surface area contributed by atoms with Crippen molar-refractivity contribution in [1.82, 2.24) is 9.55 Å². The summed E-state index contributed by atoms with van der Waals surface area (Å²) in [7, 11) is 0. The quantitative estimate of drug-likeness (QED) is 0.790. The number of nitrogens with zero attached hydrogens (tertiary/aromatic N) is 2. The van der Waals surface area contributed by atoms with Crippen LogP contribution >= 0.6 is 11.8 Å². The number of aromatic nitrogens is 2. The Morgan fingerprint density at radius 1 is 1.62 bits per heavy atom. The Balaban J connectivity index is 2.78. The van der Waals surface area contributed by atoms with Crippen molar-refractivity contribution in [3.05, 3.63) is 22.7 Å². The van der Waals surface area contributed by atoms with Gasteiger partial charge in [-0.15, -0.1) is 11.8 Å². The van der Waals surface area contributed by atoms with Gasteiger partial charge in [0.15, 0.2) is 5.03 Å². The summed E-state index contributed by atoms with van der Waals surface area (Å²) in [5, 5.41) is 8.85. The zero-order chi connectivity index (χ0) is 12.1. The van der Waals surface area contributed by atoms with Gasteiger partial charge in [-0.3, -0.25) is 9.59 Å². The van der Waals surface area contributed by atoms with Gasteiger partial charge in [0.25, 0.3) is 5.56 Å². The van der Waals surface area contributed by atoms with Crippen LogP contribution in [-0.4, -0.2) is 26.4 Å². The molecule has 1 aromatic heterocycles. The standard InChI is InChI=1S/C10H14N2O3S/c1-7(2)12-5-4-11-9(10(12)15)16-6-3-8(13)14/h4-5,7H,3,6H2,1-2H3,(H,13,14). The number of aliphatic carboxylic acids is 1. The zero-order valence-electron chi connectivity index (χ0n) is 9.21. The summed E-state index contributed by atoms with van der Waals surface area (Å²) in [6.45, 7) is 3.82. The smallest absolute Gasteiger partial charge is 0.304 e. The number of carbonyl (C=O) groups is 1. The van der Waals surface area contributed by atoms with Gasteiger partial charge < -0.3 is 9.67 Å².